The fraction of sp³-hybridized carbons (Fsp3) is 0.350. The van der Waals surface area contributed by atoms with Crippen LogP contribution in [0.5, 0.6) is 5.75 Å². The maximum atomic E-state index is 13.1. The molecule has 2 rings (SSSR count). The fourth-order valence-corrected chi connectivity index (χ4v) is 3.86. The summed E-state index contributed by atoms with van der Waals surface area (Å²) in [6.45, 7) is 2.09. The molecule has 132 valence electrons. The molecule has 0 bridgehead atoms. The molecule has 2 atom stereocenters. The van der Waals surface area contributed by atoms with E-state index in [4.69, 9.17) is 16.3 Å². The summed E-state index contributed by atoms with van der Waals surface area (Å²) >= 11 is 6.50. The van der Waals surface area contributed by atoms with Gasteiger partial charge >= 0.3 is 0 Å². The van der Waals surface area contributed by atoms with Crippen molar-refractivity contribution in [2.75, 3.05) is 7.11 Å². The van der Waals surface area contributed by atoms with E-state index in [-0.39, 0.29) is 19.6 Å². The summed E-state index contributed by atoms with van der Waals surface area (Å²) in [4.78, 5) is 13.1. The predicted molar refractivity (Wildman–Crippen MR) is 102 cm³/mol. The van der Waals surface area contributed by atoms with E-state index < -0.39 is 5.66 Å². The van der Waals surface area contributed by atoms with Crippen LogP contribution in [0.25, 0.3) is 0 Å². The first-order valence-corrected chi connectivity index (χ1v) is 9.69. The lowest BCUT2D eigenvalue weighted by Crippen LogP contribution is -2.13. The van der Waals surface area contributed by atoms with Crippen LogP contribution in [0.2, 0.25) is 0 Å². The average molecular weight is 377 g/mol. The molecule has 0 N–H and O–H groups in total. The number of rotatable bonds is 9. The molecule has 2 aromatic rings. The predicted octanol–water partition coefficient (Wildman–Crippen LogP) is 6.06. The van der Waals surface area contributed by atoms with E-state index in [9.17, 15) is 9.36 Å². The minimum Gasteiger partial charge on any atom is -0.496 e. The Labute approximate surface area is 155 Å². The summed E-state index contributed by atoms with van der Waals surface area (Å²) in [5, 5.41) is -0.286. The van der Waals surface area contributed by atoms with Crippen molar-refractivity contribution in [2.24, 2.45) is 0 Å². The second kappa shape index (κ2) is 9.70. The van der Waals surface area contributed by atoms with Gasteiger partial charge < -0.3 is 4.74 Å². The molecule has 0 fully saturated rings. The Morgan fingerprint density at radius 1 is 1.12 bits per heavy atom. The number of carbonyl (C=O) groups is 1. The standard InChI is InChI=1S/C20H22ClO3P/c1-3-4-12-17(21)20(25-23)15-10-6-5-9-14(15)19(22)16-11-7-8-13-18(16)24-2/h5-11,13,17,20H,3-4,12H2,1-2H3. The van der Waals surface area contributed by atoms with Gasteiger partial charge in [-0.2, -0.15) is 0 Å². The summed E-state index contributed by atoms with van der Waals surface area (Å²) in [7, 11) is 1.46. The molecule has 0 aliphatic carbocycles. The monoisotopic (exact) mass is 376 g/mol. The third kappa shape index (κ3) is 4.68. The fourth-order valence-electron chi connectivity index (χ4n) is 2.81. The summed E-state index contributed by atoms with van der Waals surface area (Å²) in [5.41, 5.74) is 1.30. The van der Waals surface area contributed by atoms with Gasteiger partial charge in [-0.1, -0.05) is 56.2 Å². The summed E-state index contributed by atoms with van der Waals surface area (Å²) in [5.74, 6) is 0.369. The topological polar surface area (TPSA) is 43.4 Å². The zero-order valence-electron chi connectivity index (χ0n) is 14.4. The van der Waals surface area contributed by atoms with E-state index in [1.165, 1.54) is 7.11 Å². The van der Waals surface area contributed by atoms with Crippen LogP contribution in [0.4, 0.5) is 0 Å². The number of alkyl halides is 1. The Balaban J connectivity index is 2.43. The number of hydrogen-bond acceptors (Lipinski definition) is 3. The second-order valence-corrected chi connectivity index (χ2v) is 7.15. The number of ether oxygens (including phenoxy) is 1. The van der Waals surface area contributed by atoms with E-state index in [2.05, 4.69) is 6.92 Å². The number of ketones is 1. The molecule has 0 radical (unpaired) electrons. The van der Waals surface area contributed by atoms with Crippen LogP contribution < -0.4 is 4.74 Å². The molecule has 3 nitrogen and oxygen atoms in total. The molecule has 25 heavy (non-hydrogen) atoms. The van der Waals surface area contributed by atoms with Crippen molar-refractivity contribution >= 4 is 25.8 Å². The van der Waals surface area contributed by atoms with E-state index in [1.807, 2.05) is 18.2 Å². The Morgan fingerprint density at radius 2 is 1.76 bits per heavy atom. The Morgan fingerprint density at radius 3 is 2.40 bits per heavy atom. The highest BCUT2D eigenvalue weighted by atomic mass is 35.5. The average Bonchev–Trinajstić information content (AvgIpc) is 2.66. The van der Waals surface area contributed by atoms with Crippen molar-refractivity contribution in [3.05, 3.63) is 65.2 Å². The third-order valence-electron chi connectivity index (χ3n) is 4.17. The number of carbonyl (C=O) groups excluding carboxylic acids is 1. The highest BCUT2D eigenvalue weighted by Crippen LogP contribution is 2.38. The lowest BCUT2D eigenvalue weighted by Gasteiger charge is -2.19. The van der Waals surface area contributed by atoms with Crippen LogP contribution in [0.3, 0.4) is 0 Å². The van der Waals surface area contributed by atoms with E-state index in [0.717, 1.165) is 19.3 Å². The third-order valence-corrected chi connectivity index (χ3v) is 5.68. The smallest absolute Gasteiger partial charge is 0.197 e. The molecule has 0 amide bonds. The van der Waals surface area contributed by atoms with Gasteiger partial charge in [-0.05, 0) is 24.1 Å². The molecule has 0 heterocycles. The Bertz CT molecular complexity index is 732. The van der Waals surface area contributed by atoms with Crippen molar-refractivity contribution in [1.82, 2.24) is 0 Å². The van der Waals surface area contributed by atoms with Crippen LogP contribution in [-0.4, -0.2) is 18.3 Å². The van der Waals surface area contributed by atoms with Crippen LogP contribution in [0.15, 0.2) is 48.5 Å². The molecule has 2 unspecified atom stereocenters. The van der Waals surface area contributed by atoms with Gasteiger partial charge in [0.05, 0.1) is 23.7 Å². The first kappa shape index (κ1) is 19.6. The zero-order chi connectivity index (χ0) is 18.2. The molecular formula is C20H22ClO3P. The van der Waals surface area contributed by atoms with Crippen molar-refractivity contribution in [2.45, 2.75) is 37.2 Å². The minimum atomic E-state index is -0.414. The van der Waals surface area contributed by atoms with Gasteiger partial charge in [0.15, 0.2) is 14.2 Å². The largest absolute Gasteiger partial charge is 0.496 e. The number of halogens is 1. The number of benzene rings is 2. The van der Waals surface area contributed by atoms with Gasteiger partial charge in [-0.15, -0.1) is 11.6 Å². The molecule has 0 aliphatic rings. The molecule has 2 aromatic carbocycles. The summed E-state index contributed by atoms with van der Waals surface area (Å²) < 4.78 is 17.1. The van der Waals surface area contributed by atoms with E-state index >= 15 is 0 Å². The first-order valence-electron chi connectivity index (χ1n) is 8.37. The minimum absolute atomic E-state index is 0.0752. The SMILES string of the molecule is CCCCC(Cl)C(P=O)c1ccccc1C(=O)c1ccccc1OC. The molecule has 0 saturated carbocycles. The number of unbranched alkanes of at least 4 members (excludes halogenated alkanes) is 1. The first-order chi connectivity index (χ1) is 12.1. The quantitative estimate of drug-likeness (QED) is 0.303. The molecule has 0 aliphatic heterocycles. The zero-order valence-corrected chi connectivity index (χ0v) is 16.1. The number of hydrogen-bond donors (Lipinski definition) is 0. The van der Waals surface area contributed by atoms with Crippen molar-refractivity contribution in [3.63, 3.8) is 0 Å². The van der Waals surface area contributed by atoms with Crippen LogP contribution >= 0.6 is 20.1 Å². The lowest BCUT2D eigenvalue weighted by molar-refractivity contribution is 0.103. The normalized spacial score (nSPS) is 13.4. The Hall–Kier alpha value is -1.70. The molecule has 0 aromatic heterocycles. The van der Waals surface area contributed by atoms with Crippen molar-refractivity contribution < 1.29 is 14.1 Å². The van der Waals surface area contributed by atoms with Gasteiger partial charge in [-0.25, -0.2) is 0 Å². The van der Waals surface area contributed by atoms with E-state index in [1.54, 1.807) is 30.3 Å². The highest BCUT2D eigenvalue weighted by molar-refractivity contribution is 7.24. The summed E-state index contributed by atoms with van der Waals surface area (Å²) in [6.07, 6.45) is 2.74. The van der Waals surface area contributed by atoms with Gasteiger partial charge in [0.1, 0.15) is 5.75 Å². The van der Waals surface area contributed by atoms with Crippen molar-refractivity contribution in [1.29, 1.82) is 0 Å². The molecule has 5 heteroatoms. The number of para-hydroxylation sites is 1. The van der Waals surface area contributed by atoms with E-state index in [0.29, 0.717) is 22.4 Å². The molecule has 0 spiro atoms. The summed E-state index contributed by atoms with van der Waals surface area (Å²) in [6, 6.07) is 14.3. The van der Waals surface area contributed by atoms with Gasteiger partial charge in [0.2, 0.25) is 0 Å². The van der Waals surface area contributed by atoms with Gasteiger partial charge in [-0.3, -0.25) is 9.36 Å². The second-order valence-electron chi connectivity index (χ2n) is 5.83. The molecule has 0 saturated heterocycles. The molecular weight excluding hydrogens is 355 g/mol. The highest BCUT2D eigenvalue weighted by Gasteiger charge is 2.27. The van der Waals surface area contributed by atoms with Crippen LogP contribution in [0.1, 0.15) is 53.3 Å². The van der Waals surface area contributed by atoms with Gasteiger partial charge in [0, 0.05) is 5.56 Å². The maximum Gasteiger partial charge on any atom is 0.197 e. The van der Waals surface area contributed by atoms with Gasteiger partial charge in [0.25, 0.3) is 0 Å². The maximum absolute atomic E-state index is 13.1. The van der Waals surface area contributed by atoms with Crippen LogP contribution in [-0.2, 0) is 4.57 Å². The Kier molecular flexibility index (Phi) is 7.61. The van der Waals surface area contributed by atoms with Crippen molar-refractivity contribution in [3.8, 4) is 5.75 Å². The van der Waals surface area contributed by atoms with Crippen LogP contribution in [0, 0.1) is 0 Å². The lowest BCUT2D eigenvalue weighted by atomic mass is 9.94. The number of methoxy groups -OCH3 is 1.